The number of halogens is 2. The standard InChI is InChI=1S/C16H13Cl2N3O3S/c1-25(23,24)21(15-5-3-2-4-11(15)9-19)10-16(22)20-14-8-12(17)6-7-13(14)18/h2-8H,10H2,1H3,(H,20,22). The van der Waals surface area contributed by atoms with Gasteiger partial charge in [-0.1, -0.05) is 35.3 Å². The van der Waals surface area contributed by atoms with E-state index in [0.717, 1.165) is 10.6 Å². The van der Waals surface area contributed by atoms with Crippen LogP contribution in [0.3, 0.4) is 0 Å². The summed E-state index contributed by atoms with van der Waals surface area (Å²) in [4.78, 5) is 12.3. The van der Waals surface area contributed by atoms with Crippen LogP contribution in [0.15, 0.2) is 42.5 Å². The minimum absolute atomic E-state index is 0.125. The van der Waals surface area contributed by atoms with Crippen LogP contribution >= 0.6 is 23.2 Å². The molecule has 130 valence electrons. The molecule has 0 radical (unpaired) electrons. The molecule has 25 heavy (non-hydrogen) atoms. The van der Waals surface area contributed by atoms with Crippen LogP contribution in [-0.2, 0) is 14.8 Å². The number of para-hydroxylation sites is 1. The van der Waals surface area contributed by atoms with Gasteiger partial charge >= 0.3 is 0 Å². The fourth-order valence-corrected chi connectivity index (χ4v) is 3.29. The number of hydrogen-bond donors (Lipinski definition) is 1. The summed E-state index contributed by atoms with van der Waals surface area (Å²) >= 11 is 11.8. The number of nitriles is 1. The van der Waals surface area contributed by atoms with Gasteiger partial charge in [0.15, 0.2) is 0 Å². The number of sulfonamides is 1. The Morgan fingerprint density at radius 2 is 1.92 bits per heavy atom. The van der Waals surface area contributed by atoms with Crippen molar-refractivity contribution in [1.82, 2.24) is 0 Å². The number of rotatable bonds is 5. The number of carbonyl (C=O) groups excluding carboxylic acids is 1. The van der Waals surface area contributed by atoms with Gasteiger partial charge in [0.1, 0.15) is 12.6 Å². The Bertz CT molecular complexity index is 955. The van der Waals surface area contributed by atoms with Gasteiger partial charge in [-0.2, -0.15) is 5.26 Å². The van der Waals surface area contributed by atoms with Crippen molar-refractivity contribution in [1.29, 1.82) is 5.26 Å². The summed E-state index contributed by atoms with van der Waals surface area (Å²) < 4.78 is 25.1. The Morgan fingerprint density at radius 1 is 1.24 bits per heavy atom. The fraction of sp³-hybridized carbons (Fsp3) is 0.125. The van der Waals surface area contributed by atoms with E-state index in [1.165, 1.54) is 24.3 Å². The van der Waals surface area contributed by atoms with Crippen molar-refractivity contribution in [3.63, 3.8) is 0 Å². The van der Waals surface area contributed by atoms with Gasteiger partial charge in [-0.25, -0.2) is 8.42 Å². The second-order valence-corrected chi connectivity index (χ2v) is 7.82. The molecule has 2 aromatic carbocycles. The Labute approximate surface area is 155 Å². The normalized spacial score (nSPS) is 10.8. The Hall–Kier alpha value is -2.27. The summed E-state index contributed by atoms with van der Waals surface area (Å²) in [5.74, 6) is -0.623. The molecule has 2 aromatic rings. The molecule has 2 rings (SSSR count). The van der Waals surface area contributed by atoms with Gasteiger partial charge in [0.25, 0.3) is 0 Å². The van der Waals surface area contributed by atoms with Crippen LogP contribution in [0.25, 0.3) is 0 Å². The average molecular weight is 398 g/mol. The molecule has 0 saturated heterocycles. The van der Waals surface area contributed by atoms with Crippen molar-refractivity contribution >= 4 is 50.5 Å². The summed E-state index contributed by atoms with van der Waals surface area (Å²) in [6.45, 7) is -0.514. The van der Waals surface area contributed by atoms with Crippen LogP contribution in [0, 0.1) is 11.3 Å². The highest BCUT2D eigenvalue weighted by Crippen LogP contribution is 2.26. The van der Waals surface area contributed by atoms with E-state index in [-0.39, 0.29) is 22.0 Å². The van der Waals surface area contributed by atoms with Gasteiger partial charge in [-0.3, -0.25) is 9.10 Å². The van der Waals surface area contributed by atoms with E-state index >= 15 is 0 Å². The zero-order chi connectivity index (χ0) is 18.6. The van der Waals surface area contributed by atoms with Gasteiger partial charge in [-0.05, 0) is 30.3 Å². The third-order valence-electron chi connectivity index (χ3n) is 3.18. The van der Waals surface area contributed by atoms with Crippen molar-refractivity contribution in [2.75, 3.05) is 22.4 Å². The van der Waals surface area contributed by atoms with Crippen molar-refractivity contribution in [2.45, 2.75) is 0 Å². The maximum absolute atomic E-state index is 12.3. The molecule has 0 heterocycles. The Balaban J connectivity index is 2.31. The summed E-state index contributed by atoms with van der Waals surface area (Å²) in [5.41, 5.74) is 0.530. The van der Waals surface area contributed by atoms with E-state index in [2.05, 4.69) is 5.32 Å². The van der Waals surface area contributed by atoms with E-state index in [1.807, 2.05) is 6.07 Å². The summed E-state index contributed by atoms with van der Waals surface area (Å²) in [6, 6.07) is 12.6. The summed E-state index contributed by atoms with van der Waals surface area (Å²) in [5, 5.41) is 12.3. The van der Waals surface area contributed by atoms with Crippen molar-refractivity contribution in [3.8, 4) is 6.07 Å². The fourth-order valence-electron chi connectivity index (χ4n) is 2.08. The van der Waals surface area contributed by atoms with Crippen molar-refractivity contribution < 1.29 is 13.2 Å². The number of nitrogens with zero attached hydrogens (tertiary/aromatic N) is 2. The molecule has 0 unspecified atom stereocenters. The van der Waals surface area contributed by atoms with Gasteiger partial charge in [-0.15, -0.1) is 0 Å². The van der Waals surface area contributed by atoms with Crippen LogP contribution < -0.4 is 9.62 Å². The number of nitrogens with one attached hydrogen (secondary N) is 1. The smallest absolute Gasteiger partial charge is 0.245 e. The molecular formula is C16H13Cl2N3O3S. The molecular weight excluding hydrogens is 385 g/mol. The molecule has 0 fully saturated rings. The van der Waals surface area contributed by atoms with E-state index in [1.54, 1.807) is 18.2 Å². The van der Waals surface area contributed by atoms with Crippen LogP contribution in [-0.4, -0.2) is 27.1 Å². The van der Waals surface area contributed by atoms with Gasteiger partial charge in [0.2, 0.25) is 15.9 Å². The number of anilines is 2. The summed E-state index contributed by atoms with van der Waals surface area (Å²) in [6.07, 6.45) is 0.959. The number of benzene rings is 2. The van der Waals surface area contributed by atoms with Crippen LogP contribution in [0.4, 0.5) is 11.4 Å². The maximum Gasteiger partial charge on any atom is 0.245 e. The first-order valence-electron chi connectivity index (χ1n) is 6.94. The average Bonchev–Trinajstić information content (AvgIpc) is 2.55. The highest BCUT2D eigenvalue weighted by molar-refractivity contribution is 7.92. The zero-order valence-electron chi connectivity index (χ0n) is 13.0. The zero-order valence-corrected chi connectivity index (χ0v) is 15.4. The first kappa shape index (κ1) is 19.1. The lowest BCUT2D eigenvalue weighted by Gasteiger charge is -2.22. The lowest BCUT2D eigenvalue weighted by atomic mass is 10.2. The molecule has 0 aliphatic carbocycles. The van der Waals surface area contributed by atoms with E-state index in [4.69, 9.17) is 28.5 Å². The predicted molar refractivity (Wildman–Crippen MR) is 98.4 cm³/mol. The predicted octanol–water partition coefficient (Wildman–Crippen LogP) is 3.27. The molecule has 0 atom stereocenters. The molecule has 0 aliphatic rings. The molecule has 0 aliphatic heterocycles. The van der Waals surface area contributed by atoms with Crippen LogP contribution in [0.1, 0.15) is 5.56 Å². The minimum Gasteiger partial charge on any atom is -0.323 e. The van der Waals surface area contributed by atoms with E-state index in [9.17, 15) is 13.2 Å². The van der Waals surface area contributed by atoms with Crippen molar-refractivity contribution in [3.05, 3.63) is 58.1 Å². The molecule has 1 N–H and O–H groups in total. The molecule has 9 heteroatoms. The number of hydrogen-bond acceptors (Lipinski definition) is 4. The molecule has 0 bridgehead atoms. The first-order chi connectivity index (χ1) is 11.7. The minimum atomic E-state index is -3.79. The third-order valence-corrected chi connectivity index (χ3v) is 4.87. The van der Waals surface area contributed by atoms with Gasteiger partial charge in [0, 0.05) is 5.02 Å². The lowest BCUT2D eigenvalue weighted by molar-refractivity contribution is -0.114. The number of amides is 1. The second kappa shape index (κ2) is 7.74. The Morgan fingerprint density at radius 3 is 2.56 bits per heavy atom. The van der Waals surface area contributed by atoms with Crippen molar-refractivity contribution in [2.24, 2.45) is 0 Å². The molecule has 0 spiro atoms. The highest BCUT2D eigenvalue weighted by Gasteiger charge is 2.23. The van der Waals surface area contributed by atoms with Gasteiger partial charge in [0.05, 0.1) is 28.2 Å². The largest absolute Gasteiger partial charge is 0.323 e. The third kappa shape index (κ3) is 4.86. The van der Waals surface area contributed by atoms with E-state index < -0.39 is 22.5 Å². The molecule has 1 amide bonds. The molecule has 0 aromatic heterocycles. The van der Waals surface area contributed by atoms with Crippen LogP contribution in [0.5, 0.6) is 0 Å². The maximum atomic E-state index is 12.3. The lowest BCUT2D eigenvalue weighted by Crippen LogP contribution is -2.37. The highest BCUT2D eigenvalue weighted by atomic mass is 35.5. The van der Waals surface area contributed by atoms with Crippen LogP contribution in [0.2, 0.25) is 10.0 Å². The first-order valence-corrected chi connectivity index (χ1v) is 9.54. The Kier molecular flexibility index (Phi) is 5.90. The topological polar surface area (TPSA) is 90.3 Å². The van der Waals surface area contributed by atoms with Gasteiger partial charge < -0.3 is 5.32 Å². The quantitative estimate of drug-likeness (QED) is 0.837. The number of carbonyl (C=O) groups is 1. The SMILES string of the molecule is CS(=O)(=O)N(CC(=O)Nc1cc(Cl)ccc1Cl)c1ccccc1C#N. The molecule has 0 saturated carbocycles. The molecule has 6 nitrogen and oxygen atoms in total. The summed E-state index contributed by atoms with van der Waals surface area (Å²) in [7, 11) is -3.79. The monoisotopic (exact) mass is 397 g/mol. The second-order valence-electron chi connectivity index (χ2n) is 5.07. The van der Waals surface area contributed by atoms with E-state index in [0.29, 0.717) is 5.02 Å².